The summed E-state index contributed by atoms with van der Waals surface area (Å²) in [6.07, 6.45) is 4.98. The molecule has 0 aliphatic rings. The highest BCUT2D eigenvalue weighted by molar-refractivity contribution is 5.95. The van der Waals surface area contributed by atoms with Gasteiger partial charge in [0, 0.05) is 0 Å². The molecule has 1 unspecified atom stereocenters. The maximum absolute atomic E-state index is 11.3. The van der Waals surface area contributed by atoms with E-state index in [0.29, 0.717) is 0 Å². The van der Waals surface area contributed by atoms with Crippen LogP contribution in [0.5, 0.6) is 0 Å². The van der Waals surface area contributed by atoms with Crippen LogP contribution in [0.15, 0.2) is 23.8 Å². The van der Waals surface area contributed by atoms with Crippen LogP contribution in [0.1, 0.15) is 36.1 Å². The Morgan fingerprint density at radius 1 is 1.06 bits per heavy atom. The largest absolute Gasteiger partial charge is 0.469 e. The van der Waals surface area contributed by atoms with E-state index in [2.05, 4.69) is 9.47 Å². The number of hydrogen-bond acceptors (Lipinski definition) is 4. The van der Waals surface area contributed by atoms with E-state index in [4.69, 9.17) is 0 Å². The molecule has 0 saturated carbocycles. The van der Waals surface area contributed by atoms with Crippen LogP contribution in [-0.2, 0) is 19.1 Å². The van der Waals surface area contributed by atoms with E-state index in [0.717, 1.165) is 0 Å². The summed E-state index contributed by atoms with van der Waals surface area (Å²) in [6.45, 7) is 3.41. The Labute approximate surface area is 112 Å². The minimum atomic E-state index is -0.626. The first-order valence-electron chi connectivity index (χ1n) is 4.57. The van der Waals surface area contributed by atoms with Crippen LogP contribution in [0.2, 0.25) is 0 Å². The lowest BCUT2D eigenvalue weighted by atomic mass is 10.0. The van der Waals surface area contributed by atoms with Gasteiger partial charge in [-0.3, -0.25) is 4.79 Å². The predicted molar refractivity (Wildman–Crippen MR) is 76.3 cm³/mol. The fourth-order valence-corrected chi connectivity index (χ4v) is 1.01. The second-order valence-corrected chi connectivity index (χ2v) is 2.88. The van der Waals surface area contributed by atoms with Crippen molar-refractivity contribution in [1.29, 1.82) is 0 Å². The van der Waals surface area contributed by atoms with E-state index in [1.807, 2.05) is 6.92 Å². The molecule has 0 rings (SSSR count). The molecule has 0 N–H and O–H groups in total. The number of allylic oxidation sites excluding steroid dienone is 3. The van der Waals surface area contributed by atoms with E-state index < -0.39 is 17.9 Å². The van der Waals surface area contributed by atoms with Gasteiger partial charge in [-0.15, -0.1) is 0 Å². The highest BCUT2D eigenvalue weighted by Gasteiger charge is 2.24. The van der Waals surface area contributed by atoms with Gasteiger partial charge in [0.05, 0.1) is 25.7 Å². The number of carbonyl (C=O) groups is 2. The van der Waals surface area contributed by atoms with Crippen LogP contribution in [0.3, 0.4) is 0 Å². The molecule has 0 aromatic carbocycles. The molecule has 0 aliphatic carbocycles. The van der Waals surface area contributed by atoms with Gasteiger partial charge in [0.2, 0.25) is 0 Å². The van der Waals surface area contributed by atoms with Crippen molar-refractivity contribution in [2.45, 2.75) is 36.1 Å². The molecule has 0 aromatic rings. The Morgan fingerprint density at radius 2 is 1.56 bits per heavy atom. The van der Waals surface area contributed by atoms with Gasteiger partial charge in [0.1, 0.15) is 0 Å². The molecule has 108 valence electrons. The number of carbonyl (C=O) groups excluding carboxylic acids is 2. The average Bonchev–Trinajstić information content (AvgIpc) is 2.27. The minimum Gasteiger partial charge on any atom is -0.469 e. The molecule has 0 radical (unpaired) electrons. The lowest BCUT2D eigenvalue weighted by molar-refractivity contribution is -0.146. The third-order valence-corrected chi connectivity index (χ3v) is 1.91. The van der Waals surface area contributed by atoms with Crippen LogP contribution in [0.25, 0.3) is 0 Å². The Kier molecular flexibility index (Phi) is 19.0. The first kappa shape index (κ1) is 25.3. The third-order valence-electron chi connectivity index (χ3n) is 1.91. The molecule has 4 nitrogen and oxygen atoms in total. The minimum absolute atomic E-state index is 0. The zero-order chi connectivity index (χ0) is 11.8. The SMILES string of the molecule is C.C.C.CC=CC=C(C(=O)OC)C(C)C(=O)OC. The van der Waals surface area contributed by atoms with Gasteiger partial charge in [-0.1, -0.05) is 40.5 Å². The van der Waals surface area contributed by atoms with Crippen LogP contribution in [-0.4, -0.2) is 26.2 Å². The van der Waals surface area contributed by atoms with Crippen molar-refractivity contribution in [3.05, 3.63) is 23.8 Å². The zero-order valence-corrected chi connectivity index (χ0v) is 9.44. The van der Waals surface area contributed by atoms with Gasteiger partial charge < -0.3 is 9.47 Å². The molecule has 0 aliphatic heterocycles. The smallest absolute Gasteiger partial charge is 0.334 e. The highest BCUT2D eigenvalue weighted by Crippen LogP contribution is 2.14. The molecule has 0 aromatic heterocycles. The number of hydrogen-bond donors (Lipinski definition) is 0. The van der Waals surface area contributed by atoms with E-state index in [-0.39, 0.29) is 27.9 Å². The summed E-state index contributed by atoms with van der Waals surface area (Å²) in [6, 6.07) is 0. The summed E-state index contributed by atoms with van der Waals surface area (Å²) in [4.78, 5) is 22.6. The maximum Gasteiger partial charge on any atom is 0.334 e. The Morgan fingerprint density at radius 3 is 1.89 bits per heavy atom. The topological polar surface area (TPSA) is 52.6 Å². The fraction of sp³-hybridized carbons (Fsp3) is 0.571. The summed E-state index contributed by atoms with van der Waals surface area (Å²) in [5.41, 5.74) is 0.280. The zero-order valence-electron chi connectivity index (χ0n) is 9.44. The van der Waals surface area contributed by atoms with Crippen molar-refractivity contribution in [1.82, 2.24) is 0 Å². The summed E-state index contributed by atoms with van der Waals surface area (Å²) < 4.78 is 9.13. The molecule has 0 bridgehead atoms. The van der Waals surface area contributed by atoms with Crippen molar-refractivity contribution in [2.75, 3.05) is 14.2 Å². The number of ether oxygens (including phenoxy) is 2. The first-order chi connectivity index (χ1) is 7.08. The molecule has 0 heterocycles. The maximum atomic E-state index is 11.3. The lowest BCUT2D eigenvalue weighted by Crippen LogP contribution is -2.21. The summed E-state index contributed by atoms with van der Waals surface area (Å²) in [7, 11) is 2.55. The predicted octanol–water partition coefficient (Wildman–Crippen LogP) is 3.38. The molecule has 1 atom stereocenters. The van der Waals surface area contributed by atoms with Crippen LogP contribution < -0.4 is 0 Å². The van der Waals surface area contributed by atoms with Gasteiger partial charge in [-0.2, -0.15) is 0 Å². The van der Waals surface area contributed by atoms with E-state index >= 15 is 0 Å². The number of rotatable bonds is 4. The van der Waals surface area contributed by atoms with Gasteiger partial charge in [-0.25, -0.2) is 4.79 Å². The van der Waals surface area contributed by atoms with E-state index in [1.165, 1.54) is 14.2 Å². The first-order valence-corrected chi connectivity index (χ1v) is 4.57. The second kappa shape index (κ2) is 13.5. The normalized spacial score (nSPS) is 11.4. The summed E-state index contributed by atoms with van der Waals surface area (Å²) in [5, 5.41) is 0. The standard InChI is InChI=1S/C11H16O4.3CH4/c1-5-6-7-9(11(13)15-4)8(2)10(12)14-3;;;/h5-8H,1-4H3;3*1H4. The quantitative estimate of drug-likeness (QED) is 0.442. The molecule has 0 amide bonds. The van der Waals surface area contributed by atoms with E-state index in [9.17, 15) is 9.59 Å². The number of esters is 2. The van der Waals surface area contributed by atoms with E-state index in [1.54, 1.807) is 25.2 Å². The van der Waals surface area contributed by atoms with Gasteiger partial charge in [0.15, 0.2) is 0 Å². The molecular weight excluding hydrogens is 232 g/mol. The average molecular weight is 260 g/mol. The van der Waals surface area contributed by atoms with Crippen molar-refractivity contribution in [3.8, 4) is 0 Å². The van der Waals surface area contributed by atoms with Crippen molar-refractivity contribution in [2.24, 2.45) is 5.92 Å². The molecule has 0 saturated heterocycles. The van der Waals surface area contributed by atoms with Gasteiger partial charge in [0.25, 0.3) is 0 Å². The van der Waals surface area contributed by atoms with Crippen LogP contribution in [0, 0.1) is 5.92 Å². The molecule has 0 fully saturated rings. The third kappa shape index (κ3) is 7.65. The van der Waals surface area contributed by atoms with Crippen LogP contribution >= 0.6 is 0 Å². The molecular formula is C14H28O4. The van der Waals surface area contributed by atoms with Crippen molar-refractivity contribution >= 4 is 11.9 Å². The highest BCUT2D eigenvalue weighted by atomic mass is 16.5. The van der Waals surface area contributed by atoms with Crippen molar-refractivity contribution < 1.29 is 19.1 Å². The Bertz CT molecular complexity index is 290. The summed E-state index contributed by atoms with van der Waals surface area (Å²) in [5.74, 6) is -1.61. The Hall–Kier alpha value is -1.58. The molecule has 0 spiro atoms. The monoisotopic (exact) mass is 260 g/mol. The number of methoxy groups -OCH3 is 2. The molecule has 18 heavy (non-hydrogen) atoms. The molecule has 4 heteroatoms. The summed E-state index contributed by atoms with van der Waals surface area (Å²) >= 11 is 0. The fourth-order valence-electron chi connectivity index (χ4n) is 1.01. The van der Waals surface area contributed by atoms with Gasteiger partial charge >= 0.3 is 11.9 Å². The van der Waals surface area contributed by atoms with Crippen LogP contribution in [0.4, 0.5) is 0 Å². The Balaban J connectivity index is -0.000000327. The lowest BCUT2D eigenvalue weighted by Gasteiger charge is -2.11. The van der Waals surface area contributed by atoms with Gasteiger partial charge in [-0.05, 0) is 13.8 Å². The second-order valence-electron chi connectivity index (χ2n) is 2.88. The van der Waals surface area contributed by atoms with Crippen molar-refractivity contribution in [3.63, 3.8) is 0 Å².